The van der Waals surface area contributed by atoms with Gasteiger partial charge in [0, 0.05) is 0 Å². The Morgan fingerprint density at radius 3 is 2.19 bits per heavy atom. The fraction of sp³-hybridized carbons (Fsp3) is 0.364. The van der Waals surface area contributed by atoms with Crippen LogP contribution in [0.5, 0.6) is 5.75 Å². The van der Waals surface area contributed by atoms with Gasteiger partial charge in [0.05, 0.1) is 6.54 Å². The molecule has 120 valence electrons. The van der Waals surface area contributed by atoms with Gasteiger partial charge >= 0.3 is 10.4 Å². The Kier molecular flexibility index (Phi) is 8.12. The average Bonchev–Trinajstić information content (AvgIpc) is 2.29. The van der Waals surface area contributed by atoms with E-state index < -0.39 is 10.4 Å². The number of rotatable bonds is 5. The third-order valence-electron chi connectivity index (χ3n) is 2.08. The molecule has 0 radical (unpaired) electrons. The van der Waals surface area contributed by atoms with Crippen molar-refractivity contribution < 1.29 is 22.3 Å². The molecule has 0 saturated heterocycles. The highest BCUT2D eigenvalue weighted by molar-refractivity contribution is 7.79. The molecule has 0 aliphatic rings. The molecule has 1 aromatic carbocycles. The van der Waals surface area contributed by atoms with Crippen LogP contribution in [0.1, 0.15) is 11.1 Å². The van der Waals surface area contributed by atoms with Gasteiger partial charge < -0.3 is 21.6 Å². The van der Waals surface area contributed by atoms with Gasteiger partial charge in [-0.2, -0.15) is 8.42 Å². The summed E-state index contributed by atoms with van der Waals surface area (Å²) < 4.78 is 37.2. The van der Waals surface area contributed by atoms with Crippen LogP contribution >= 0.6 is 0 Å². The highest BCUT2D eigenvalue weighted by atomic mass is 32.3. The van der Waals surface area contributed by atoms with Crippen molar-refractivity contribution >= 4 is 16.4 Å². The highest BCUT2D eigenvalue weighted by Gasteiger charge is 2.01. The van der Waals surface area contributed by atoms with Crippen LogP contribution in [-0.4, -0.2) is 36.6 Å². The van der Waals surface area contributed by atoms with Crippen molar-refractivity contribution in [1.82, 2.24) is 5.43 Å². The van der Waals surface area contributed by atoms with Gasteiger partial charge in [-0.15, -0.1) is 5.10 Å². The zero-order valence-electron chi connectivity index (χ0n) is 11.8. The standard InChI is InChI=1S/C11H18N4O.H2O4S/c1-8-4-3-5-9(2)10(8)16-7-6-14-15-11(12)13;1-5(2,3)4/h3-5,14H,6-7H2,1-2H3,(H4,12,13,15);(H2,1,2,3,4). The first-order valence-electron chi connectivity index (χ1n) is 5.81. The van der Waals surface area contributed by atoms with E-state index >= 15 is 0 Å². The lowest BCUT2D eigenvalue weighted by Crippen LogP contribution is -2.28. The second kappa shape index (κ2) is 9.00. The lowest BCUT2D eigenvalue weighted by molar-refractivity contribution is 0.311. The molecular weight excluding hydrogens is 300 g/mol. The summed E-state index contributed by atoms with van der Waals surface area (Å²) >= 11 is 0. The quantitative estimate of drug-likeness (QED) is 0.164. The average molecular weight is 320 g/mol. The summed E-state index contributed by atoms with van der Waals surface area (Å²) in [6, 6.07) is 6.05. The van der Waals surface area contributed by atoms with Crippen molar-refractivity contribution in [2.24, 2.45) is 16.6 Å². The molecule has 0 aliphatic heterocycles. The van der Waals surface area contributed by atoms with Gasteiger partial charge in [0.15, 0.2) is 0 Å². The third kappa shape index (κ3) is 11.5. The molecule has 21 heavy (non-hydrogen) atoms. The summed E-state index contributed by atoms with van der Waals surface area (Å²) in [6.45, 7) is 5.12. The van der Waals surface area contributed by atoms with E-state index in [1.54, 1.807) is 0 Å². The van der Waals surface area contributed by atoms with Crippen molar-refractivity contribution in [2.75, 3.05) is 13.2 Å². The fourth-order valence-corrected chi connectivity index (χ4v) is 1.37. The third-order valence-corrected chi connectivity index (χ3v) is 2.08. The van der Waals surface area contributed by atoms with E-state index in [1.165, 1.54) is 0 Å². The smallest absolute Gasteiger partial charge is 0.394 e. The van der Waals surface area contributed by atoms with Crippen LogP contribution in [0.4, 0.5) is 0 Å². The summed E-state index contributed by atoms with van der Waals surface area (Å²) in [5.41, 5.74) is 15.3. The summed E-state index contributed by atoms with van der Waals surface area (Å²) in [6.07, 6.45) is 0. The van der Waals surface area contributed by atoms with Crippen LogP contribution in [0, 0.1) is 13.8 Å². The number of hydrogen-bond acceptors (Lipinski definition) is 5. The molecule has 0 amide bonds. The molecule has 0 fully saturated rings. The number of nitrogens with zero attached hydrogens (tertiary/aromatic N) is 1. The van der Waals surface area contributed by atoms with Crippen molar-refractivity contribution in [1.29, 1.82) is 0 Å². The van der Waals surface area contributed by atoms with Gasteiger partial charge in [0.2, 0.25) is 5.96 Å². The first-order valence-corrected chi connectivity index (χ1v) is 7.21. The van der Waals surface area contributed by atoms with Gasteiger partial charge in [0.1, 0.15) is 12.4 Å². The summed E-state index contributed by atoms with van der Waals surface area (Å²) in [5.74, 6) is 0.945. The molecule has 0 atom stereocenters. The van der Waals surface area contributed by atoms with Gasteiger partial charge in [-0.25, -0.2) is 0 Å². The zero-order valence-corrected chi connectivity index (χ0v) is 12.6. The first kappa shape index (κ1) is 19.0. The molecule has 0 aliphatic carbocycles. The largest absolute Gasteiger partial charge is 0.491 e. The second-order valence-corrected chi connectivity index (χ2v) is 4.86. The number of hydrogen-bond donors (Lipinski definition) is 5. The van der Waals surface area contributed by atoms with E-state index in [0.717, 1.165) is 16.9 Å². The number of ether oxygens (including phenoxy) is 1. The monoisotopic (exact) mass is 320 g/mol. The second-order valence-electron chi connectivity index (χ2n) is 3.96. The van der Waals surface area contributed by atoms with Gasteiger partial charge in [-0.05, 0) is 25.0 Å². The molecule has 10 heteroatoms. The molecule has 0 spiro atoms. The number of para-hydroxylation sites is 1. The number of hydrazone groups is 1. The number of nitrogens with one attached hydrogen (secondary N) is 1. The van der Waals surface area contributed by atoms with Crippen molar-refractivity contribution in [3.05, 3.63) is 29.3 Å². The van der Waals surface area contributed by atoms with E-state index in [1.807, 2.05) is 32.0 Å². The van der Waals surface area contributed by atoms with Crippen LogP contribution < -0.4 is 21.6 Å². The zero-order chi connectivity index (χ0) is 16.5. The predicted octanol–water partition coefficient (Wildman–Crippen LogP) is -0.193. The van der Waals surface area contributed by atoms with Gasteiger partial charge in [-0.1, -0.05) is 18.2 Å². The number of guanidine groups is 1. The highest BCUT2D eigenvalue weighted by Crippen LogP contribution is 2.21. The Morgan fingerprint density at radius 2 is 1.76 bits per heavy atom. The summed E-state index contributed by atoms with van der Waals surface area (Å²) in [4.78, 5) is 0. The Hall–Kier alpha value is -2.04. The van der Waals surface area contributed by atoms with Crippen LogP contribution in [0.15, 0.2) is 23.3 Å². The topological polar surface area (TPSA) is 160 Å². The normalized spacial score (nSPS) is 10.1. The van der Waals surface area contributed by atoms with E-state index in [4.69, 9.17) is 33.7 Å². The predicted molar refractivity (Wildman–Crippen MR) is 79.4 cm³/mol. The molecule has 7 N–H and O–H groups in total. The number of benzene rings is 1. The summed E-state index contributed by atoms with van der Waals surface area (Å²) in [7, 11) is -4.67. The van der Waals surface area contributed by atoms with E-state index in [2.05, 4.69) is 10.5 Å². The maximum atomic E-state index is 8.74. The van der Waals surface area contributed by atoms with E-state index in [9.17, 15) is 0 Å². The Balaban J connectivity index is 0.000000690. The van der Waals surface area contributed by atoms with Crippen LogP contribution in [0.2, 0.25) is 0 Å². The number of aryl methyl sites for hydroxylation is 2. The van der Waals surface area contributed by atoms with Crippen molar-refractivity contribution in [2.45, 2.75) is 13.8 Å². The minimum atomic E-state index is -4.67. The van der Waals surface area contributed by atoms with Gasteiger partial charge in [0.25, 0.3) is 0 Å². The first-order chi connectivity index (χ1) is 9.61. The Labute approximate surface area is 123 Å². The van der Waals surface area contributed by atoms with Crippen molar-refractivity contribution in [3.8, 4) is 5.75 Å². The maximum absolute atomic E-state index is 8.74. The Morgan fingerprint density at radius 1 is 1.29 bits per heavy atom. The fourth-order valence-electron chi connectivity index (χ4n) is 1.37. The van der Waals surface area contributed by atoms with Crippen molar-refractivity contribution in [3.63, 3.8) is 0 Å². The molecule has 1 aromatic rings. The van der Waals surface area contributed by atoms with Crippen LogP contribution in [0.3, 0.4) is 0 Å². The molecule has 1 rings (SSSR count). The van der Waals surface area contributed by atoms with Gasteiger partial charge in [-0.3, -0.25) is 9.11 Å². The van der Waals surface area contributed by atoms with E-state index in [-0.39, 0.29) is 5.96 Å². The van der Waals surface area contributed by atoms with Crippen LogP contribution in [0.25, 0.3) is 0 Å². The van der Waals surface area contributed by atoms with E-state index in [0.29, 0.717) is 13.2 Å². The molecule has 0 saturated carbocycles. The Bertz CT molecular complexity index is 542. The molecule has 0 heterocycles. The minimum absolute atomic E-state index is 0.0204. The van der Waals surface area contributed by atoms with Crippen LogP contribution in [-0.2, 0) is 10.4 Å². The molecule has 0 unspecified atom stereocenters. The molecular formula is C11H20N4O5S. The molecule has 0 aromatic heterocycles. The minimum Gasteiger partial charge on any atom is -0.491 e. The lowest BCUT2D eigenvalue weighted by atomic mass is 10.1. The maximum Gasteiger partial charge on any atom is 0.394 e. The lowest BCUT2D eigenvalue weighted by Gasteiger charge is -2.11. The molecule has 9 nitrogen and oxygen atoms in total. The SMILES string of the molecule is Cc1cccc(C)c1OCCNN=C(N)N.O=S(=O)(O)O. The number of nitrogens with two attached hydrogens (primary N) is 2. The summed E-state index contributed by atoms with van der Waals surface area (Å²) in [5, 5.41) is 3.64. The molecule has 0 bridgehead atoms.